The minimum Gasteiger partial charge on any atom is -0.454 e. The average Bonchev–Trinajstić information content (AvgIpc) is 3.61. The van der Waals surface area contributed by atoms with E-state index in [9.17, 15) is 4.79 Å². The van der Waals surface area contributed by atoms with Crippen LogP contribution in [0.25, 0.3) is 16.0 Å². The van der Waals surface area contributed by atoms with Gasteiger partial charge in [0.1, 0.15) is 27.8 Å². The third-order valence-corrected chi connectivity index (χ3v) is 8.96. The van der Waals surface area contributed by atoms with Gasteiger partial charge in [-0.3, -0.25) is 14.5 Å². The summed E-state index contributed by atoms with van der Waals surface area (Å²) in [5.41, 5.74) is 2.13. The van der Waals surface area contributed by atoms with E-state index < -0.39 is 5.54 Å². The van der Waals surface area contributed by atoms with Gasteiger partial charge in [-0.05, 0) is 31.7 Å². The first-order valence-electron chi connectivity index (χ1n) is 14.1. The van der Waals surface area contributed by atoms with E-state index in [1.165, 1.54) is 0 Å². The molecule has 1 spiro atoms. The van der Waals surface area contributed by atoms with Crippen LogP contribution < -0.4 is 10.1 Å². The highest BCUT2D eigenvalue weighted by atomic mass is 35.5. The van der Waals surface area contributed by atoms with E-state index in [1.54, 1.807) is 24.5 Å². The van der Waals surface area contributed by atoms with Crippen LogP contribution in [0, 0.1) is 17.9 Å². The van der Waals surface area contributed by atoms with Crippen LogP contribution in [-0.2, 0) is 28.5 Å². The molecule has 5 heterocycles. The van der Waals surface area contributed by atoms with Crippen molar-refractivity contribution in [2.45, 2.75) is 57.5 Å². The molecule has 11 nitrogen and oxygen atoms in total. The third-order valence-electron chi connectivity index (χ3n) is 8.59. The molecule has 4 aromatic rings. The first-order chi connectivity index (χ1) is 20.1. The number of pyridine rings is 2. The Balaban J connectivity index is 1.14. The van der Waals surface area contributed by atoms with Crippen molar-refractivity contribution < 1.29 is 14.3 Å². The van der Waals surface area contributed by atoms with Crippen molar-refractivity contribution in [1.29, 1.82) is 0 Å². The number of nitrogens with one attached hydrogen (secondary N) is 1. The van der Waals surface area contributed by atoms with Crippen molar-refractivity contribution in [3.8, 4) is 11.5 Å². The molecule has 2 saturated carbocycles. The van der Waals surface area contributed by atoms with Crippen molar-refractivity contribution in [3.63, 3.8) is 0 Å². The number of carbonyl (C=O) groups excluding carboxylic acids is 1. The van der Waals surface area contributed by atoms with Gasteiger partial charge in [-0.2, -0.15) is 10.1 Å². The number of rotatable bonds is 9. The maximum absolute atomic E-state index is 12.2. The van der Waals surface area contributed by atoms with Gasteiger partial charge in [0.15, 0.2) is 17.2 Å². The SMILES string of the molecule is [C-]#[N+]C(C)(C)c1cc(Nc2nc3ncc(Oc4ccnc(CC(=O)C5CC5)c4)c(Cl)c3n2C)nn1C1CC2(COC2)C1. The lowest BCUT2D eigenvalue weighted by Gasteiger charge is -2.53. The van der Waals surface area contributed by atoms with Gasteiger partial charge >= 0.3 is 0 Å². The zero-order valence-corrected chi connectivity index (χ0v) is 24.5. The van der Waals surface area contributed by atoms with Gasteiger partial charge in [-0.25, -0.2) is 11.6 Å². The summed E-state index contributed by atoms with van der Waals surface area (Å²) >= 11 is 6.82. The van der Waals surface area contributed by atoms with Gasteiger partial charge in [0, 0.05) is 57.0 Å². The molecule has 0 unspecified atom stereocenters. The molecule has 0 radical (unpaired) electrons. The molecule has 1 saturated heterocycles. The Morgan fingerprint density at radius 3 is 2.76 bits per heavy atom. The molecule has 0 amide bonds. The molecule has 0 aromatic carbocycles. The van der Waals surface area contributed by atoms with E-state index in [1.807, 2.05) is 36.2 Å². The topological polar surface area (TPSA) is 113 Å². The van der Waals surface area contributed by atoms with Gasteiger partial charge in [-0.1, -0.05) is 11.6 Å². The molecule has 42 heavy (non-hydrogen) atoms. The molecule has 12 heteroatoms. The third kappa shape index (κ3) is 4.68. The highest BCUT2D eigenvalue weighted by Gasteiger charge is 2.52. The molecule has 3 aliphatic rings. The number of aryl methyl sites for hydroxylation is 1. The average molecular weight is 587 g/mol. The number of hydrogen-bond acceptors (Lipinski definition) is 8. The zero-order chi connectivity index (χ0) is 29.2. The summed E-state index contributed by atoms with van der Waals surface area (Å²) < 4.78 is 15.3. The van der Waals surface area contributed by atoms with Crippen molar-refractivity contribution in [2.75, 3.05) is 18.5 Å². The highest BCUT2D eigenvalue weighted by Crippen LogP contribution is 2.54. The number of imidazole rings is 1. The molecule has 0 bridgehead atoms. The number of ether oxygens (including phenoxy) is 2. The molecule has 216 valence electrons. The largest absolute Gasteiger partial charge is 0.454 e. The maximum Gasteiger partial charge on any atom is 0.268 e. The molecule has 0 atom stereocenters. The van der Waals surface area contributed by atoms with E-state index in [0.717, 1.165) is 44.6 Å². The normalized spacial score (nSPS) is 18.0. The molecule has 2 aliphatic carbocycles. The van der Waals surface area contributed by atoms with Gasteiger partial charge < -0.3 is 24.2 Å². The fourth-order valence-corrected chi connectivity index (χ4v) is 6.17. The lowest BCUT2D eigenvalue weighted by atomic mass is 9.64. The Morgan fingerprint density at radius 2 is 2.07 bits per heavy atom. The van der Waals surface area contributed by atoms with Gasteiger partial charge in [0.05, 0.1) is 31.1 Å². The van der Waals surface area contributed by atoms with Crippen molar-refractivity contribution in [2.24, 2.45) is 18.4 Å². The Morgan fingerprint density at radius 1 is 1.29 bits per heavy atom. The molecule has 7 rings (SSSR count). The number of ketones is 1. The number of fused-ring (bicyclic) bond motifs is 1. The first kappa shape index (κ1) is 26.9. The summed E-state index contributed by atoms with van der Waals surface area (Å²) in [7, 11) is 1.84. The predicted octanol–water partition coefficient (Wildman–Crippen LogP) is 5.78. The Kier molecular flexibility index (Phi) is 6.26. The van der Waals surface area contributed by atoms with Crippen LogP contribution in [0.3, 0.4) is 0 Å². The van der Waals surface area contributed by atoms with Gasteiger partial charge in [0.25, 0.3) is 5.54 Å². The molecule has 1 N–H and O–H groups in total. The summed E-state index contributed by atoms with van der Waals surface area (Å²) in [6.45, 7) is 13.2. The fourth-order valence-electron chi connectivity index (χ4n) is 5.87. The summed E-state index contributed by atoms with van der Waals surface area (Å²) in [5.74, 6) is 2.40. The van der Waals surface area contributed by atoms with E-state index in [0.29, 0.717) is 51.6 Å². The zero-order valence-electron chi connectivity index (χ0n) is 23.7. The number of halogens is 1. The second kappa shape index (κ2) is 9.78. The van der Waals surface area contributed by atoms with E-state index in [4.69, 9.17) is 32.7 Å². The highest BCUT2D eigenvalue weighted by molar-refractivity contribution is 6.36. The van der Waals surface area contributed by atoms with E-state index in [-0.39, 0.29) is 23.2 Å². The monoisotopic (exact) mass is 586 g/mol. The smallest absolute Gasteiger partial charge is 0.268 e. The van der Waals surface area contributed by atoms with Crippen LogP contribution in [0.15, 0.2) is 30.6 Å². The van der Waals surface area contributed by atoms with Crippen molar-refractivity contribution in [3.05, 3.63) is 58.4 Å². The van der Waals surface area contributed by atoms with Gasteiger partial charge in [0.2, 0.25) is 5.95 Å². The van der Waals surface area contributed by atoms with Crippen LogP contribution in [0.2, 0.25) is 5.02 Å². The number of aromatic nitrogens is 6. The molecule has 3 fully saturated rings. The van der Waals surface area contributed by atoms with Crippen LogP contribution in [0.1, 0.15) is 57.0 Å². The lowest BCUT2D eigenvalue weighted by Crippen LogP contribution is -2.53. The van der Waals surface area contributed by atoms with Crippen LogP contribution >= 0.6 is 11.6 Å². The molecule has 1 aliphatic heterocycles. The Hall–Kier alpha value is -4.01. The standard InChI is InChI=1S/C30H31ClN8O3/c1-29(2,32-3)23-11-24(37-39(23)19-12-30(13-19)15-41-16-30)35-28-36-27-26(38(28)4)25(31)22(14-34-27)42-20-7-8-33-18(9-20)10-21(40)17-5-6-17/h7-9,11,14,17,19H,5-6,10,12-13,15-16H2,1-2,4H3,(H,34,35,36,37). The Labute approximate surface area is 248 Å². The van der Waals surface area contributed by atoms with Crippen molar-refractivity contribution >= 4 is 40.3 Å². The first-order valence-corrected chi connectivity index (χ1v) is 14.5. The molecule has 4 aromatic heterocycles. The summed E-state index contributed by atoms with van der Waals surface area (Å²) in [6, 6.07) is 5.65. The minimum atomic E-state index is -0.729. The van der Waals surface area contributed by atoms with E-state index >= 15 is 0 Å². The van der Waals surface area contributed by atoms with Crippen LogP contribution in [0.4, 0.5) is 11.8 Å². The predicted molar refractivity (Wildman–Crippen MR) is 156 cm³/mol. The van der Waals surface area contributed by atoms with Crippen molar-refractivity contribution in [1.82, 2.24) is 29.3 Å². The second-order valence-corrected chi connectivity index (χ2v) is 12.7. The second-order valence-electron chi connectivity index (χ2n) is 12.3. The lowest BCUT2D eigenvalue weighted by molar-refractivity contribution is -0.176. The summed E-state index contributed by atoms with van der Waals surface area (Å²) in [5, 5.41) is 8.55. The van der Waals surface area contributed by atoms with Crippen LogP contribution in [0.5, 0.6) is 11.5 Å². The number of nitrogens with zero attached hydrogens (tertiary/aromatic N) is 7. The summed E-state index contributed by atoms with van der Waals surface area (Å²) in [4.78, 5) is 29.6. The molecular weight excluding hydrogens is 556 g/mol. The minimum absolute atomic E-state index is 0.178. The summed E-state index contributed by atoms with van der Waals surface area (Å²) in [6.07, 6.45) is 7.40. The number of anilines is 2. The fraction of sp³-hybridized carbons (Fsp3) is 0.467. The number of carbonyl (C=O) groups is 1. The quantitative estimate of drug-likeness (QED) is 0.246. The molecular formula is C30H31ClN8O3. The number of Topliss-reactive ketones (excluding diaryl/α,β-unsaturated/α-hetero) is 1. The number of hydrogen-bond donors (Lipinski definition) is 1. The van der Waals surface area contributed by atoms with Gasteiger partial charge in [-0.15, -0.1) is 0 Å². The maximum atomic E-state index is 12.2. The Bertz CT molecular complexity index is 1750. The van der Waals surface area contributed by atoms with E-state index in [2.05, 4.69) is 25.1 Å². The van der Waals surface area contributed by atoms with Crippen LogP contribution in [-0.4, -0.2) is 48.3 Å².